The van der Waals surface area contributed by atoms with Crippen LogP contribution < -0.4 is 5.32 Å². The van der Waals surface area contributed by atoms with E-state index in [1.165, 1.54) is 11.3 Å². The molecule has 2 N–H and O–H groups in total. The van der Waals surface area contributed by atoms with Crippen molar-refractivity contribution in [2.75, 3.05) is 11.9 Å². The van der Waals surface area contributed by atoms with Gasteiger partial charge in [0.2, 0.25) is 0 Å². The van der Waals surface area contributed by atoms with Crippen LogP contribution in [0.5, 0.6) is 0 Å². The number of thiophene rings is 1. The summed E-state index contributed by atoms with van der Waals surface area (Å²) < 4.78 is 0. The molecule has 1 aromatic carbocycles. The van der Waals surface area contributed by atoms with Gasteiger partial charge in [0.25, 0.3) is 5.91 Å². The van der Waals surface area contributed by atoms with Gasteiger partial charge in [-0.2, -0.15) is 11.3 Å². The van der Waals surface area contributed by atoms with E-state index in [0.717, 1.165) is 11.1 Å². The first kappa shape index (κ1) is 15.6. The lowest BCUT2D eigenvalue weighted by Gasteiger charge is -2.07. The highest BCUT2D eigenvalue weighted by molar-refractivity contribution is 7.08. The Labute approximate surface area is 132 Å². The maximum Gasteiger partial charge on any atom is 0.256 e. The number of carbonyl (C=O) groups is 1. The lowest BCUT2D eigenvalue weighted by molar-refractivity contribution is 0.102. The molecule has 5 heteroatoms. The standard InChI is InChI=1S/C16H14ClNO2S/c1-11-9-21-10-13(11)16(20)18-15-8-12(4-2-3-7-19)5-6-14(15)17/h5-6,8-10,19H,3,7H2,1H3,(H,18,20). The molecule has 2 aromatic rings. The number of hydrogen-bond acceptors (Lipinski definition) is 3. The van der Waals surface area contributed by atoms with Crippen LogP contribution >= 0.6 is 22.9 Å². The third-order valence-corrected chi connectivity index (χ3v) is 3.98. The second-order valence-electron chi connectivity index (χ2n) is 4.39. The summed E-state index contributed by atoms with van der Waals surface area (Å²) >= 11 is 7.59. The smallest absolute Gasteiger partial charge is 0.256 e. The van der Waals surface area contributed by atoms with Crippen molar-refractivity contribution in [1.82, 2.24) is 0 Å². The molecule has 1 amide bonds. The van der Waals surface area contributed by atoms with Crippen molar-refractivity contribution in [1.29, 1.82) is 0 Å². The summed E-state index contributed by atoms with van der Waals surface area (Å²) in [5.41, 5.74) is 2.86. The summed E-state index contributed by atoms with van der Waals surface area (Å²) in [7, 11) is 0. The van der Waals surface area contributed by atoms with Gasteiger partial charge in [-0.15, -0.1) is 0 Å². The number of carbonyl (C=O) groups excluding carboxylic acids is 1. The fourth-order valence-electron chi connectivity index (χ4n) is 1.70. The van der Waals surface area contributed by atoms with Gasteiger partial charge >= 0.3 is 0 Å². The molecule has 1 heterocycles. The zero-order valence-corrected chi connectivity index (χ0v) is 13.0. The van der Waals surface area contributed by atoms with Gasteiger partial charge in [0.05, 0.1) is 22.9 Å². The van der Waals surface area contributed by atoms with Gasteiger partial charge in [-0.1, -0.05) is 23.4 Å². The number of anilines is 1. The highest BCUT2D eigenvalue weighted by Crippen LogP contribution is 2.24. The van der Waals surface area contributed by atoms with Crippen LogP contribution in [-0.4, -0.2) is 17.6 Å². The summed E-state index contributed by atoms with van der Waals surface area (Å²) in [6, 6.07) is 5.20. The van der Waals surface area contributed by atoms with Crippen LogP contribution in [0.1, 0.15) is 27.9 Å². The first-order valence-corrected chi connectivity index (χ1v) is 7.67. The van der Waals surface area contributed by atoms with Gasteiger partial charge in [0.1, 0.15) is 0 Å². The summed E-state index contributed by atoms with van der Waals surface area (Å²) in [6.45, 7) is 1.92. The monoisotopic (exact) mass is 319 g/mol. The molecular formula is C16H14ClNO2S. The number of hydrogen-bond donors (Lipinski definition) is 2. The number of aliphatic hydroxyl groups is 1. The molecule has 108 valence electrons. The van der Waals surface area contributed by atoms with E-state index in [4.69, 9.17) is 16.7 Å². The van der Waals surface area contributed by atoms with Crippen molar-refractivity contribution in [3.8, 4) is 11.8 Å². The van der Waals surface area contributed by atoms with Gasteiger partial charge in [-0.05, 0) is 36.1 Å². The molecule has 0 spiro atoms. The van der Waals surface area contributed by atoms with Crippen molar-refractivity contribution < 1.29 is 9.90 Å². The molecule has 3 nitrogen and oxygen atoms in total. The van der Waals surface area contributed by atoms with E-state index >= 15 is 0 Å². The number of nitrogens with one attached hydrogen (secondary N) is 1. The molecule has 0 fully saturated rings. The largest absolute Gasteiger partial charge is 0.395 e. The van der Waals surface area contributed by atoms with Crippen molar-refractivity contribution >= 4 is 34.5 Å². The Hall–Kier alpha value is -1.80. The normalized spacial score (nSPS) is 9.86. The molecular weight excluding hydrogens is 306 g/mol. The molecule has 0 aliphatic carbocycles. The first-order valence-electron chi connectivity index (χ1n) is 6.35. The van der Waals surface area contributed by atoms with Gasteiger partial charge in [0, 0.05) is 17.4 Å². The minimum atomic E-state index is -0.184. The van der Waals surface area contributed by atoms with Crippen LogP contribution in [0.25, 0.3) is 0 Å². The predicted molar refractivity (Wildman–Crippen MR) is 87.0 cm³/mol. The molecule has 0 saturated heterocycles. The quantitative estimate of drug-likeness (QED) is 0.848. The van der Waals surface area contributed by atoms with Crippen LogP contribution in [0.2, 0.25) is 5.02 Å². The molecule has 1 aromatic heterocycles. The summed E-state index contributed by atoms with van der Waals surface area (Å²) in [5, 5.41) is 15.7. The van der Waals surface area contributed by atoms with E-state index in [1.54, 1.807) is 18.2 Å². The second kappa shape index (κ2) is 7.28. The average molecular weight is 320 g/mol. The van der Waals surface area contributed by atoms with Crippen molar-refractivity contribution in [3.63, 3.8) is 0 Å². The maximum absolute atomic E-state index is 12.2. The SMILES string of the molecule is Cc1cscc1C(=O)Nc1cc(C#CCCO)ccc1Cl. The summed E-state index contributed by atoms with van der Waals surface area (Å²) in [4.78, 5) is 12.2. The van der Waals surface area contributed by atoms with E-state index in [2.05, 4.69) is 17.2 Å². The van der Waals surface area contributed by atoms with E-state index in [9.17, 15) is 4.79 Å². The molecule has 0 atom stereocenters. The Morgan fingerprint density at radius 3 is 2.90 bits per heavy atom. The van der Waals surface area contributed by atoms with E-state index in [0.29, 0.717) is 22.7 Å². The fourth-order valence-corrected chi connectivity index (χ4v) is 2.70. The topological polar surface area (TPSA) is 49.3 Å². The van der Waals surface area contributed by atoms with Crippen LogP contribution in [0.4, 0.5) is 5.69 Å². The molecule has 0 radical (unpaired) electrons. The lowest BCUT2D eigenvalue weighted by Crippen LogP contribution is -2.12. The molecule has 0 bridgehead atoms. The Morgan fingerprint density at radius 1 is 1.43 bits per heavy atom. The van der Waals surface area contributed by atoms with Gasteiger partial charge < -0.3 is 10.4 Å². The number of rotatable bonds is 3. The fraction of sp³-hybridized carbons (Fsp3) is 0.188. The molecule has 21 heavy (non-hydrogen) atoms. The lowest BCUT2D eigenvalue weighted by atomic mass is 10.1. The van der Waals surface area contributed by atoms with Crippen molar-refractivity contribution in [2.45, 2.75) is 13.3 Å². The van der Waals surface area contributed by atoms with Gasteiger partial charge in [0.15, 0.2) is 0 Å². The predicted octanol–water partition coefficient (Wildman–Crippen LogP) is 3.70. The molecule has 0 saturated carbocycles. The highest BCUT2D eigenvalue weighted by Gasteiger charge is 2.12. The Balaban J connectivity index is 2.20. The van der Waals surface area contributed by atoms with Gasteiger partial charge in [-0.25, -0.2) is 0 Å². The van der Waals surface area contributed by atoms with Crippen molar-refractivity contribution in [3.05, 3.63) is 50.7 Å². The third-order valence-electron chi connectivity index (χ3n) is 2.78. The minimum absolute atomic E-state index is 0.0294. The van der Waals surface area contributed by atoms with E-state index < -0.39 is 0 Å². The number of amides is 1. The number of aliphatic hydroxyl groups excluding tert-OH is 1. The van der Waals surface area contributed by atoms with E-state index in [-0.39, 0.29) is 12.5 Å². The minimum Gasteiger partial charge on any atom is -0.395 e. The van der Waals surface area contributed by atoms with Crippen LogP contribution in [0, 0.1) is 18.8 Å². The molecule has 2 rings (SSSR count). The Morgan fingerprint density at radius 2 is 2.24 bits per heavy atom. The maximum atomic E-state index is 12.2. The second-order valence-corrected chi connectivity index (χ2v) is 5.54. The summed E-state index contributed by atoms with van der Waals surface area (Å²) in [5.74, 6) is 5.56. The summed E-state index contributed by atoms with van der Waals surface area (Å²) in [6.07, 6.45) is 0.415. The van der Waals surface area contributed by atoms with Crippen LogP contribution in [-0.2, 0) is 0 Å². The highest BCUT2D eigenvalue weighted by atomic mass is 35.5. The molecule has 0 aliphatic rings. The van der Waals surface area contributed by atoms with Crippen LogP contribution in [0.15, 0.2) is 29.0 Å². The van der Waals surface area contributed by atoms with Gasteiger partial charge in [-0.3, -0.25) is 4.79 Å². The first-order chi connectivity index (χ1) is 10.1. The van der Waals surface area contributed by atoms with E-state index in [1.807, 2.05) is 17.7 Å². The number of benzene rings is 1. The number of aryl methyl sites for hydroxylation is 1. The number of halogens is 1. The zero-order chi connectivity index (χ0) is 15.2. The van der Waals surface area contributed by atoms with Crippen LogP contribution in [0.3, 0.4) is 0 Å². The Bertz CT molecular complexity index is 713. The third kappa shape index (κ3) is 4.08. The molecule has 0 unspecified atom stereocenters. The molecule has 0 aliphatic heterocycles. The zero-order valence-electron chi connectivity index (χ0n) is 11.4. The van der Waals surface area contributed by atoms with Crippen molar-refractivity contribution in [2.24, 2.45) is 0 Å². The average Bonchev–Trinajstić information content (AvgIpc) is 2.89. The Kier molecular flexibility index (Phi) is 5.40.